The molecule has 96 valence electrons. The van der Waals surface area contributed by atoms with Gasteiger partial charge in [-0.1, -0.05) is 0 Å². The van der Waals surface area contributed by atoms with Crippen molar-refractivity contribution in [2.24, 2.45) is 5.73 Å². The molecular formula is C13H15NO4. The molecule has 2 aliphatic heterocycles. The van der Waals surface area contributed by atoms with Crippen molar-refractivity contribution in [2.75, 3.05) is 13.2 Å². The number of carboxylic acids is 1. The Morgan fingerprint density at radius 1 is 1.22 bits per heavy atom. The van der Waals surface area contributed by atoms with Gasteiger partial charge in [0.1, 0.15) is 17.1 Å². The zero-order valence-corrected chi connectivity index (χ0v) is 10.2. The normalized spacial score (nSPS) is 17.7. The maximum atomic E-state index is 11.4. The first-order chi connectivity index (χ1) is 8.61. The summed E-state index contributed by atoms with van der Waals surface area (Å²) in [4.78, 5) is 11.4. The molecule has 0 bridgehead atoms. The molecule has 5 nitrogen and oxygen atoms in total. The maximum absolute atomic E-state index is 11.4. The Morgan fingerprint density at radius 2 is 1.83 bits per heavy atom. The van der Waals surface area contributed by atoms with Gasteiger partial charge in [-0.2, -0.15) is 0 Å². The number of ether oxygens (including phenoxy) is 2. The number of carboxylic acid groups (broad SMARTS) is 1. The van der Waals surface area contributed by atoms with Crippen LogP contribution in [0.15, 0.2) is 0 Å². The van der Waals surface area contributed by atoms with Crippen LogP contribution in [-0.4, -0.2) is 24.3 Å². The molecule has 0 aromatic heterocycles. The van der Waals surface area contributed by atoms with E-state index in [0.29, 0.717) is 37.6 Å². The van der Waals surface area contributed by atoms with Gasteiger partial charge in [0, 0.05) is 35.6 Å². The van der Waals surface area contributed by atoms with Gasteiger partial charge in [0.25, 0.3) is 0 Å². The standard InChI is InChI=1S/C13H15NO4/c1-6(14)9-7-2-4-18-12(7)10(13(15)16)8-3-5-17-11(8)9/h6H,2-5,14H2,1H3,(H,15,16). The molecular weight excluding hydrogens is 234 g/mol. The van der Waals surface area contributed by atoms with Crippen LogP contribution in [0.5, 0.6) is 11.5 Å². The van der Waals surface area contributed by atoms with Gasteiger partial charge in [0.15, 0.2) is 0 Å². The highest BCUT2D eigenvalue weighted by Gasteiger charge is 2.34. The molecule has 0 amide bonds. The summed E-state index contributed by atoms with van der Waals surface area (Å²) in [5.41, 5.74) is 8.82. The van der Waals surface area contributed by atoms with E-state index < -0.39 is 5.97 Å². The Hall–Kier alpha value is -1.75. The van der Waals surface area contributed by atoms with Gasteiger partial charge in [0.05, 0.1) is 13.2 Å². The first-order valence-corrected chi connectivity index (χ1v) is 6.07. The first-order valence-electron chi connectivity index (χ1n) is 6.07. The lowest BCUT2D eigenvalue weighted by Crippen LogP contribution is -2.12. The summed E-state index contributed by atoms with van der Waals surface area (Å²) in [5, 5.41) is 9.38. The van der Waals surface area contributed by atoms with Crippen LogP contribution in [0.1, 0.15) is 40.0 Å². The third-order valence-corrected chi connectivity index (χ3v) is 3.51. The summed E-state index contributed by atoms with van der Waals surface area (Å²) in [6.07, 6.45) is 1.30. The van der Waals surface area contributed by atoms with Crippen molar-refractivity contribution in [1.82, 2.24) is 0 Å². The number of carbonyl (C=O) groups is 1. The summed E-state index contributed by atoms with van der Waals surface area (Å²) in [6.45, 7) is 2.91. The van der Waals surface area contributed by atoms with Crippen LogP contribution in [0.3, 0.4) is 0 Å². The summed E-state index contributed by atoms with van der Waals surface area (Å²) in [5.74, 6) is 0.219. The summed E-state index contributed by atoms with van der Waals surface area (Å²) >= 11 is 0. The van der Waals surface area contributed by atoms with Crippen molar-refractivity contribution in [1.29, 1.82) is 0 Å². The Labute approximate surface area is 104 Å². The number of fused-ring (bicyclic) bond motifs is 2. The zero-order valence-electron chi connectivity index (χ0n) is 10.2. The van der Waals surface area contributed by atoms with E-state index in [1.165, 1.54) is 0 Å². The molecule has 1 aromatic rings. The van der Waals surface area contributed by atoms with E-state index in [0.717, 1.165) is 16.7 Å². The van der Waals surface area contributed by atoms with Crippen LogP contribution < -0.4 is 15.2 Å². The SMILES string of the molecule is CC(N)c1c2c(c(C(=O)O)c3c1OCC3)OCC2. The topological polar surface area (TPSA) is 81.8 Å². The average molecular weight is 249 g/mol. The first kappa shape index (κ1) is 11.3. The van der Waals surface area contributed by atoms with E-state index in [1.54, 1.807) is 0 Å². The molecule has 1 unspecified atom stereocenters. The highest BCUT2D eigenvalue weighted by Crippen LogP contribution is 2.46. The van der Waals surface area contributed by atoms with E-state index in [2.05, 4.69) is 0 Å². The number of benzene rings is 1. The largest absolute Gasteiger partial charge is 0.493 e. The number of hydrogen-bond donors (Lipinski definition) is 2. The number of rotatable bonds is 2. The molecule has 5 heteroatoms. The van der Waals surface area contributed by atoms with Gasteiger partial charge >= 0.3 is 5.97 Å². The molecule has 2 aliphatic rings. The van der Waals surface area contributed by atoms with Crippen LogP contribution >= 0.6 is 0 Å². The highest BCUT2D eigenvalue weighted by molar-refractivity contribution is 5.95. The molecule has 3 rings (SSSR count). The molecule has 0 spiro atoms. The minimum Gasteiger partial charge on any atom is -0.493 e. The van der Waals surface area contributed by atoms with Gasteiger partial charge in [0.2, 0.25) is 0 Å². The summed E-state index contributed by atoms with van der Waals surface area (Å²) < 4.78 is 11.1. The zero-order chi connectivity index (χ0) is 12.9. The van der Waals surface area contributed by atoms with Gasteiger partial charge in [-0.05, 0) is 6.92 Å². The van der Waals surface area contributed by atoms with Crippen molar-refractivity contribution < 1.29 is 19.4 Å². The van der Waals surface area contributed by atoms with Crippen LogP contribution in [0.2, 0.25) is 0 Å². The second-order valence-corrected chi connectivity index (χ2v) is 4.69. The van der Waals surface area contributed by atoms with E-state index >= 15 is 0 Å². The predicted molar refractivity (Wildman–Crippen MR) is 64.4 cm³/mol. The maximum Gasteiger partial charge on any atom is 0.339 e. The Kier molecular flexibility index (Phi) is 2.45. The van der Waals surface area contributed by atoms with Crippen molar-refractivity contribution in [2.45, 2.75) is 25.8 Å². The second-order valence-electron chi connectivity index (χ2n) is 4.69. The molecule has 1 aromatic carbocycles. The van der Waals surface area contributed by atoms with Gasteiger partial charge < -0.3 is 20.3 Å². The highest BCUT2D eigenvalue weighted by atomic mass is 16.5. The van der Waals surface area contributed by atoms with Crippen LogP contribution in [0, 0.1) is 0 Å². The minimum atomic E-state index is -0.953. The van der Waals surface area contributed by atoms with Crippen LogP contribution in [0.25, 0.3) is 0 Å². The lowest BCUT2D eigenvalue weighted by Gasteiger charge is -2.17. The smallest absolute Gasteiger partial charge is 0.339 e. The molecule has 3 N–H and O–H groups in total. The number of aromatic carboxylic acids is 1. The van der Waals surface area contributed by atoms with Crippen molar-refractivity contribution >= 4 is 5.97 Å². The molecule has 0 radical (unpaired) electrons. The van der Waals surface area contributed by atoms with E-state index in [1.807, 2.05) is 6.92 Å². The monoisotopic (exact) mass is 249 g/mol. The van der Waals surface area contributed by atoms with Crippen LogP contribution in [-0.2, 0) is 12.8 Å². The third-order valence-electron chi connectivity index (χ3n) is 3.51. The van der Waals surface area contributed by atoms with Crippen molar-refractivity contribution in [3.8, 4) is 11.5 Å². The van der Waals surface area contributed by atoms with Crippen molar-refractivity contribution in [3.05, 3.63) is 22.3 Å². The summed E-state index contributed by atoms with van der Waals surface area (Å²) in [6, 6.07) is -0.185. The lowest BCUT2D eigenvalue weighted by molar-refractivity contribution is 0.0692. The quantitative estimate of drug-likeness (QED) is 0.825. The average Bonchev–Trinajstić information content (AvgIpc) is 2.91. The van der Waals surface area contributed by atoms with Gasteiger partial charge in [-0.25, -0.2) is 4.79 Å². The second kappa shape index (κ2) is 3.88. The van der Waals surface area contributed by atoms with Crippen LogP contribution in [0.4, 0.5) is 0 Å². The van der Waals surface area contributed by atoms with Gasteiger partial charge in [-0.15, -0.1) is 0 Å². The molecule has 2 heterocycles. The van der Waals surface area contributed by atoms with E-state index in [4.69, 9.17) is 15.2 Å². The Balaban J connectivity index is 2.35. The van der Waals surface area contributed by atoms with E-state index in [9.17, 15) is 9.90 Å². The molecule has 1 atom stereocenters. The fourth-order valence-electron chi connectivity index (χ4n) is 2.85. The lowest BCUT2D eigenvalue weighted by atomic mass is 9.91. The fraction of sp³-hybridized carbons (Fsp3) is 0.462. The molecule has 0 saturated carbocycles. The molecule has 0 aliphatic carbocycles. The molecule has 0 saturated heterocycles. The van der Waals surface area contributed by atoms with Crippen molar-refractivity contribution in [3.63, 3.8) is 0 Å². The Bertz CT molecular complexity index is 501. The minimum absolute atomic E-state index is 0.185. The predicted octanol–water partition coefficient (Wildman–Crippen LogP) is 1.27. The van der Waals surface area contributed by atoms with E-state index in [-0.39, 0.29) is 11.6 Å². The molecule has 18 heavy (non-hydrogen) atoms. The third kappa shape index (κ3) is 1.40. The molecule has 0 fully saturated rings. The Morgan fingerprint density at radius 3 is 2.44 bits per heavy atom. The number of nitrogens with two attached hydrogens (primary N) is 1. The fourth-order valence-corrected chi connectivity index (χ4v) is 2.85. The van der Waals surface area contributed by atoms with Gasteiger partial charge in [-0.3, -0.25) is 0 Å². The summed E-state index contributed by atoms with van der Waals surface area (Å²) in [7, 11) is 0. The number of hydrogen-bond acceptors (Lipinski definition) is 4.